The van der Waals surface area contributed by atoms with Crippen molar-refractivity contribution in [2.24, 2.45) is 0 Å². The van der Waals surface area contributed by atoms with Crippen molar-refractivity contribution < 1.29 is 4.84 Å². The molecule has 0 saturated carbocycles. The maximum Gasteiger partial charge on any atom is 0.116 e. The quantitative estimate of drug-likeness (QED) is 0.472. The highest BCUT2D eigenvalue weighted by molar-refractivity contribution is 4.84. The summed E-state index contributed by atoms with van der Waals surface area (Å²) < 4.78 is 0. The fourth-order valence-corrected chi connectivity index (χ4v) is 0.694. The zero-order valence-electron chi connectivity index (χ0n) is 9.09. The van der Waals surface area contributed by atoms with E-state index in [-0.39, 0.29) is 0 Å². The standard InChI is InChI=1S/C10H20NO2/c1-6-8-9(3)13-11(12)10(4,5)7-2/h3,6-8H2,1-2,4-5H3/q-1. The third-order valence-corrected chi connectivity index (χ3v) is 2.10. The molecule has 3 heteroatoms. The molecule has 0 aromatic rings. The zero-order valence-corrected chi connectivity index (χ0v) is 9.09. The molecule has 0 amide bonds. The molecule has 0 bridgehead atoms. The van der Waals surface area contributed by atoms with Crippen LogP contribution in [0.5, 0.6) is 0 Å². The second kappa shape index (κ2) is 5.25. The molecule has 0 aliphatic heterocycles. The van der Waals surface area contributed by atoms with Gasteiger partial charge in [0.1, 0.15) is 5.76 Å². The van der Waals surface area contributed by atoms with Crippen LogP contribution in [0.1, 0.15) is 47.0 Å². The van der Waals surface area contributed by atoms with E-state index in [0.717, 1.165) is 19.3 Å². The maximum absolute atomic E-state index is 11.4. The molecule has 0 aliphatic carbocycles. The Balaban J connectivity index is 3.99. The summed E-state index contributed by atoms with van der Waals surface area (Å²) in [5.41, 5.74) is -0.476. The Morgan fingerprint density at radius 1 is 1.46 bits per heavy atom. The molecule has 0 unspecified atom stereocenters. The van der Waals surface area contributed by atoms with Crippen molar-refractivity contribution >= 4 is 0 Å². The lowest BCUT2D eigenvalue weighted by molar-refractivity contribution is -0.145. The molecule has 0 spiro atoms. The number of nitrogens with zero attached hydrogens (tertiary/aromatic N) is 1. The third-order valence-electron chi connectivity index (χ3n) is 2.10. The van der Waals surface area contributed by atoms with Crippen LogP contribution in [0, 0.1) is 5.21 Å². The first-order chi connectivity index (χ1) is 5.94. The van der Waals surface area contributed by atoms with Crippen LogP contribution in [-0.4, -0.2) is 10.8 Å². The lowest BCUT2D eigenvalue weighted by Gasteiger charge is -2.41. The van der Waals surface area contributed by atoms with Crippen LogP contribution in [0.2, 0.25) is 0 Å². The van der Waals surface area contributed by atoms with Crippen molar-refractivity contribution in [3.8, 4) is 0 Å². The Kier molecular flexibility index (Phi) is 5.03. The summed E-state index contributed by atoms with van der Waals surface area (Å²) in [5, 5.41) is 12.1. The van der Waals surface area contributed by atoms with Crippen LogP contribution in [0.15, 0.2) is 12.3 Å². The van der Waals surface area contributed by atoms with Crippen LogP contribution >= 0.6 is 0 Å². The van der Waals surface area contributed by atoms with Gasteiger partial charge in [-0.3, -0.25) is 0 Å². The van der Waals surface area contributed by atoms with Crippen LogP contribution in [-0.2, 0) is 4.84 Å². The van der Waals surface area contributed by atoms with E-state index in [1.165, 1.54) is 0 Å². The molecular weight excluding hydrogens is 166 g/mol. The number of hydrogen-bond donors (Lipinski definition) is 0. The summed E-state index contributed by atoms with van der Waals surface area (Å²) in [6.45, 7) is 11.3. The summed E-state index contributed by atoms with van der Waals surface area (Å²) in [5.74, 6) is 0.541. The minimum Gasteiger partial charge on any atom is -0.752 e. The molecule has 0 aromatic heterocycles. The van der Waals surface area contributed by atoms with Crippen molar-refractivity contribution in [3.63, 3.8) is 0 Å². The highest BCUT2D eigenvalue weighted by Crippen LogP contribution is 2.20. The molecule has 0 radical (unpaired) electrons. The molecule has 0 N–H and O–H groups in total. The molecule has 0 rings (SSSR count). The van der Waals surface area contributed by atoms with Gasteiger partial charge in [-0.15, -0.1) is 0 Å². The molecule has 78 valence electrons. The SMILES string of the molecule is C=C(CCC)ON([O-])C(C)(C)CC. The topological polar surface area (TPSA) is 35.5 Å². The zero-order chi connectivity index (χ0) is 10.5. The predicted octanol–water partition coefficient (Wildman–Crippen LogP) is 3.22. The van der Waals surface area contributed by atoms with E-state index < -0.39 is 5.54 Å². The van der Waals surface area contributed by atoms with Gasteiger partial charge in [-0.25, -0.2) is 5.23 Å². The van der Waals surface area contributed by atoms with Gasteiger partial charge in [0.05, 0.1) is 0 Å². The summed E-state index contributed by atoms with van der Waals surface area (Å²) >= 11 is 0. The fraction of sp³-hybridized carbons (Fsp3) is 0.800. The smallest absolute Gasteiger partial charge is 0.116 e. The summed E-state index contributed by atoms with van der Waals surface area (Å²) in [4.78, 5) is 5.03. The fourth-order valence-electron chi connectivity index (χ4n) is 0.694. The van der Waals surface area contributed by atoms with Crippen molar-refractivity contribution in [1.29, 1.82) is 0 Å². The van der Waals surface area contributed by atoms with Crippen LogP contribution in [0.25, 0.3) is 0 Å². The van der Waals surface area contributed by atoms with Crippen molar-refractivity contribution in [2.75, 3.05) is 0 Å². The highest BCUT2D eigenvalue weighted by atomic mass is 16.9. The molecule has 0 fully saturated rings. The van der Waals surface area contributed by atoms with Crippen LogP contribution in [0.4, 0.5) is 0 Å². The van der Waals surface area contributed by atoms with Gasteiger partial charge >= 0.3 is 0 Å². The lowest BCUT2D eigenvalue weighted by Crippen LogP contribution is -2.38. The van der Waals surface area contributed by atoms with E-state index in [2.05, 4.69) is 6.58 Å². The first kappa shape index (κ1) is 12.5. The Morgan fingerprint density at radius 2 is 2.00 bits per heavy atom. The third kappa shape index (κ3) is 4.29. The molecule has 0 atom stereocenters. The second-order valence-electron chi connectivity index (χ2n) is 3.80. The van der Waals surface area contributed by atoms with Gasteiger partial charge < -0.3 is 10.0 Å². The number of rotatable bonds is 6. The molecule has 3 nitrogen and oxygen atoms in total. The van der Waals surface area contributed by atoms with Gasteiger partial charge in [0, 0.05) is 12.0 Å². The van der Waals surface area contributed by atoms with E-state index >= 15 is 0 Å². The van der Waals surface area contributed by atoms with Gasteiger partial charge in [0.2, 0.25) is 0 Å². The van der Waals surface area contributed by atoms with E-state index in [4.69, 9.17) is 4.84 Å². The summed E-state index contributed by atoms with van der Waals surface area (Å²) in [6, 6.07) is 0. The average molecular weight is 186 g/mol. The largest absolute Gasteiger partial charge is 0.752 e. The molecule has 0 heterocycles. The Morgan fingerprint density at radius 3 is 2.38 bits per heavy atom. The van der Waals surface area contributed by atoms with Crippen molar-refractivity contribution in [2.45, 2.75) is 52.5 Å². The molecular formula is C10H20NO2-. The van der Waals surface area contributed by atoms with E-state index in [1.807, 2.05) is 27.7 Å². The second-order valence-corrected chi connectivity index (χ2v) is 3.80. The molecule has 0 saturated heterocycles. The summed E-state index contributed by atoms with van der Waals surface area (Å²) in [6.07, 6.45) is 2.42. The Bertz CT molecular complexity index is 166. The molecule has 0 aliphatic rings. The van der Waals surface area contributed by atoms with Crippen LogP contribution < -0.4 is 0 Å². The van der Waals surface area contributed by atoms with E-state index in [9.17, 15) is 5.21 Å². The maximum atomic E-state index is 11.4. The van der Waals surface area contributed by atoms with Gasteiger partial charge in [-0.2, -0.15) is 0 Å². The molecule has 0 aromatic carbocycles. The normalized spacial score (nSPS) is 11.8. The highest BCUT2D eigenvalue weighted by Gasteiger charge is 2.18. The number of allylic oxidation sites excluding steroid dienone is 1. The number of hydroxylamine groups is 2. The lowest BCUT2D eigenvalue weighted by atomic mass is 10.0. The van der Waals surface area contributed by atoms with Gasteiger partial charge in [0.25, 0.3) is 0 Å². The van der Waals surface area contributed by atoms with Crippen molar-refractivity contribution in [1.82, 2.24) is 5.23 Å². The summed E-state index contributed by atoms with van der Waals surface area (Å²) in [7, 11) is 0. The molecule has 13 heavy (non-hydrogen) atoms. The Hall–Kier alpha value is -0.540. The van der Waals surface area contributed by atoms with E-state index in [0.29, 0.717) is 11.0 Å². The number of hydrogen-bond acceptors (Lipinski definition) is 3. The first-order valence-electron chi connectivity index (χ1n) is 4.77. The van der Waals surface area contributed by atoms with Gasteiger partial charge in [0.15, 0.2) is 0 Å². The Labute approximate surface area is 80.9 Å². The van der Waals surface area contributed by atoms with Crippen LogP contribution in [0.3, 0.4) is 0 Å². The van der Waals surface area contributed by atoms with Gasteiger partial charge in [-0.05, 0) is 26.7 Å². The van der Waals surface area contributed by atoms with Gasteiger partial charge in [-0.1, -0.05) is 20.4 Å². The predicted molar refractivity (Wildman–Crippen MR) is 54.7 cm³/mol. The monoisotopic (exact) mass is 186 g/mol. The first-order valence-corrected chi connectivity index (χ1v) is 4.77. The van der Waals surface area contributed by atoms with E-state index in [1.54, 1.807) is 0 Å². The average Bonchev–Trinajstić information content (AvgIpc) is 2.04. The minimum atomic E-state index is -0.476. The minimum absolute atomic E-state index is 0.476. The van der Waals surface area contributed by atoms with Crippen molar-refractivity contribution in [3.05, 3.63) is 17.5 Å².